The van der Waals surface area contributed by atoms with E-state index in [9.17, 15) is 18.3 Å². The van der Waals surface area contributed by atoms with Crippen LogP contribution in [0, 0.1) is 0 Å². The third kappa shape index (κ3) is 2.18. The monoisotopic (exact) mass is 193 g/mol. The van der Waals surface area contributed by atoms with Gasteiger partial charge in [0.05, 0.1) is 23.5 Å². The molecule has 6 heteroatoms. The number of primary amides is 1. The standard InChI is InChI=1S/C6H11NO4S/c7-5(8)3-6(9)1-2-12(10,11)4-6/h9H,1-4H2,(H2,7,8). The fourth-order valence-corrected chi connectivity index (χ4v) is 3.26. The lowest BCUT2D eigenvalue weighted by atomic mass is 9.99. The highest BCUT2D eigenvalue weighted by Gasteiger charge is 2.41. The molecular weight excluding hydrogens is 182 g/mol. The van der Waals surface area contributed by atoms with E-state index < -0.39 is 21.3 Å². The molecule has 0 spiro atoms. The summed E-state index contributed by atoms with van der Waals surface area (Å²) in [4.78, 5) is 10.4. The zero-order valence-corrected chi connectivity index (χ0v) is 7.30. The number of nitrogens with two attached hydrogens (primary N) is 1. The van der Waals surface area contributed by atoms with Crippen molar-refractivity contribution in [2.24, 2.45) is 5.73 Å². The molecule has 1 aliphatic rings. The molecule has 0 bridgehead atoms. The molecule has 1 fully saturated rings. The minimum atomic E-state index is -3.16. The van der Waals surface area contributed by atoms with Crippen molar-refractivity contribution < 1.29 is 18.3 Å². The molecule has 0 aromatic rings. The molecule has 5 nitrogen and oxygen atoms in total. The van der Waals surface area contributed by atoms with E-state index in [-0.39, 0.29) is 24.3 Å². The smallest absolute Gasteiger partial charge is 0.220 e. The molecule has 1 heterocycles. The quantitative estimate of drug-likeness (QED) is 0.552. The minimum Gasteiger partial charge on any atom is -0.388 e. The Balaban J connectivity index is 2.71. The summed E-state index contributed by atoms with van der Waals surface area (Å²) in [7, 11) is -3.16. The number of sulfone groups is 1. The number of carbonyl (C=O) groups is 1. The molecule has 1 aliphatic heterocycles. The first kappa shape index (κ1) is 9.47. The molecule has 1 amide bonds. The first-order valence-electron chi connectivity index (χ1n) is 3.54. The lowest BCUT2D eigenvalue weighted by Gasteiger charge is -2.17. The third-order valence-electron chi connectivity index (χ3n) is 1.87. The first-order chi connectivity index (χ1) is 5.33. The maximum Gasteiger partial charge on any atom is 0.220 e. The number of hydrogen-bond donors (Lipinski definition) is 2. The molecule has 0 aliphatic carbocycles. The molecule has 3 N–H and O–H groups in total. The molecule has 1 unspecified atom stereocenters. The van der Waals surface area contributed by atoms with E-state index in [1.807, 2.05) is 0 Å². The summed E-state index contributed by atoms with van der Waals surface area (Å²) in [5.74, 6) is -1.07. The van der Waals surface area contributed by atoms with Gasteiger partial charge in [-0.25, -0.2) is 8.42 Å². The van der Waals surface area contributed by atoms with Crippen LogP contribution in [0.3, 0.4) is 0 Å². The van der Waals surface area contributed by atoms with Crippen molar-refractivity contribution in [3.63, 3.8) is 0 Å². The predicted octanol–water partition coefficient (Wildman–Crippen LogP) is -1.59. The van der Waals surface area contributed by atoms with Gasteiger partial charge in [0.2, 0.25) is 5.91 Å². The van der Waals surface area contributed by atoms with E-state index >= 15 is 0 Å². The van der Waals surface area contributed by atoms with E-state index in [2.05, 4.69) is 0 Å². The maximum atomic E-state index is 10.9. The van der Waals surface area contributed by atoms with Crippen LogP contribution in [-0.2, 0) is 14.6 Å². The van der Waals surface area contributed by atoms with Gasteiger partial charge in [0.15, 0.2) is 9.84 Å². The van der Waals surface area contributed by atoms with Crippen molar-refractivity contribution in [1.29, 1.82) is 0 Å². The van der Waals surface area contributed by atoms with Gasteiger partial charge in [-0.2, -0.15) is 0 Å². The molecule has 0 radical (unpaired) electrons. The summed E-state index contributed by atoms with van der Waals surface area (Å²) in [6.45, 7) is 0. The minimum absolute atomic E-state index is 0.0588. The van der Waals surface area contributed by atoms with Crippen LogP contribution >= 0.6 is 0 Å². The largest absolute Gasteiger partial charge is 0.388 e. The van der Waals surface area contributed by atoms with Crippen LogP contribution in [-0.4, -0.2) is 36.5 Å². The predicted molar refractivity (Wildman–Crippen MR) is 42.0 cm³/mol. The van der Waals surface area contributed by atoms with Crippen LogP contribution < -0.4 is 5.73 Å². The lowest BCUT2D eigenvalue weighted by Crippen LogP contribution is -2.35. The summed E-state index contributed by atoms with van der Waals surface area (Å²) < 4.78 is 21.8. The van der Waals surface area contributed by atoms with Crippen LogP contribution in [0.4, 0.5) is 0 Å². The summed E-state index contributed by atoms with van der Waals surface area (Å²) in [6.07, 6.45) is -0.162. The Kier molecular flexibility index (Phi) is 2.13. The van der Waals surface area contributed by atoms with Gasteiger partial charge in [-0.3, -0.25) is 4.79 Å². The van der Waals surface area contributed by atoms with Gasteiger partial charge >= 0.3 is 0 Å². The highest BCUT2D eigenvalue weighted by Crippen LogP contribution is 2.25. The Labute approximate surface area is 70.5 Å². The van der Waals surface area contributed by atoms with Gasteiger partial charge in [-0.05, 0) is 6.42 Å². The fourth-order valence-electron chi connectivity index (χ4n) is 1.36. The van der Waals surface area contributed by atoms with Gasteiger partial charge in [0.1, 0.15) is 0 Å². The number of amides is 1. The van der Waals surface area contributed by atoms with Crippen molar-refractivity contribution >= 4 is 15.7 Å². The van der Waals surface area contributed by atoms with E-state index in [0.717, 1.165) is 0 Å². The molecule has 0 aromatic carbocycles. The van der Waals surface area contributed by atoms with E-state index in [1.165, 1.54) is 0 Å². The van der Waals surface area contributed by atoms with Crippen molar-refractivity contribution in [1.82, 2.24) is 0 Å². The summed E-state index contributed by atoms with van der Waals surface area (Å²) in [5, 5.41) is 9.52. The fraction of sp³-hybridized carbons (Fsp3) is 0.833. The normalized spacial score (nSPS) is 33.4. The molecule has 1 rings (SSSR count). The number of rotatable bonds is 2. The van der Waals surface area contributed by atoms with Crippen LogP contribution in [0.1, 0.15) is 12.8 Å². The Morgan fingerprint density at radius 3 is 2.50 bits per heavy atom. The summed E-state index contributed by atoms with van der Waals surface area (Å²) in [6, 6.07) is 0. The van der Waals surface area contributed by atoms with Crippen molar-refractivity contribution in [2.45, 2.75) is 18.4 Å². The molecule has 1 atom stereocenters. The summed E-state index contributed by atoms with van der Waals surface area (Å²) >= 11 is 0. The Morgan fingerprint density at radius 2 is 2.17 bits per heavy atom. The van der Waals surface area contributed by atoms with E-state index in [0.29, 0.717) is 0 Å². The summed E-state index contributed by atoms with van der Waals surface area (Å²) in [5.41, 5.74) is 3.44. The highest BCUT2D eigenvalue weighted by molar-refractivity contribution is 7.91. The maximum absolute atomic E-state index is 10.9. The molecule has 1 saturated heterocycles. The highest BCUT2D eigenvalue weighted by atomic mass is 32.2. The third-order valence-corrected chi connectivity index (χ3v) is 3.67. The SMILES string of the molecule is NC(=O)CC1(O)CCS(=O)(=O)C1. The molecule has 0 saturated carbocycles. The van der Waals surface area contributed by atoms with Crippen molar-refractivity contribution in [3.8, 4) is 0 Å². The van der Waals surface area contributed by atoms with Gasteiger partial charge in [0, 0.05) is 0 Å². The molecule has 12 heavy (non-hydrogen) atoms. The average molecular weight is 193 g/mol. The average Bonchev–Trinajstić information content (AvgIpc) is 2.03. The lowest BCUT2D eigenvalue weighted by molar-refractivity contribution is -0.122. The van der Waals surface area contributed by atoms with Gasteiger partial charge in [0.25, 0.3) is 0 Å². The molecular formula is C6H11NO4S. The van der Waals surface area contributed by atoms with Crippen LogP contribution in [0.2, 0.25) is 0 Å². The second-order valence-electron chi connectivity index (χ2n) is 3.21. The van der Waals surface area contributed by atoms with Crippen molar-refractivity contribution in [2.75, 3.05) is 11.5 Å². The Bertz CT molecular complexity index is 297. The number of aliphatic hydroxyl groups is 1. The van der Waals surface area contributed by atoms with Crippen LogP contribution in [0.25, 0.3) is 0 Å². The van der Waals surface area contributed by atoms with Gasteiger partial charge in [-0.15, -0.1) is 0 Å². The number of hydrogen-bond acceptors (Lipinski definition) is 4. The van der Waals surface area contributed by atoms with Crippen LogP contribution in [0.15, 0.2) is 0 Å². The number of carbonyl (C=O) groups excluding carboxylic acids is 1. The Morgan fingerprint density at radius 1 is 1.58 bits per heavy atom. The molecule has 0 aromatic heterocycles. The van der Waals surface area contributed by atoms with Crippen molar-refractivity contribution in [3.05, 3.63) is 0 Å². The van der Waals surface area contributed by atoms with E-state index in [4.69, 9.17) is 5.73 Å². The zero-order valence-electron chi connectivity index (χ0n) is 6.49. The molecule has 70 valence electrons. The Hall–Kier alpha value is -0.620. The second kappa shape index (κ2) is 2.70. The topological polar surface area (TPSA) is 97.5 Å². The van der Waals surface area contributed by atoms with Crippen LogP contribution in [0.5, 0.6) is 0 Å². The first-order valence-corrected chi connectivity index (χ1v) is 5.36. The van der Waals surface area contributed by atoms with Gasteiger partial charge in [-0.1, -0.05) is 0 Å². The second-order valence-corrected chi connectivity index (χ2v) is 5.39. The zero-order chi connectivity index (χ0) is 9.41. The van der Waals surface area contributed by atoms with Gasteiger partial charge < -0.3 is 10.8 Å². The van der Waals surface area contributed by atoms with E-state index in [1.54, 1.807) is 0 Å².